The lowest BCUT2D eigenvalue weighted by Gasteiger charge is -2.07. The van der Waals surface area contributed by atoms with E-state index >= 15 is 0 Å². The second kappa shape index (κ2) is 6.93. The molecule has 0 saturated carbocycles. The summed E-state index contributed by atoms with van der Waals surface area (Å²) in [7, 11) is -3.45. The first-order valence-electron chi connectivity index (χ1n) is 5.89. The van der Waals surface area contributed by atoms with Crippen molar-refractivity contribution in [3.8, 4) is 0 Å². The number of hydrogen-bond donors (Lipinski definition) is 1. The molecule has 20 heavy (non-hydrogen) atoms. The van der Waals surface area contributed by atoms with Gasteiger partial charge in [0, 0.05) is 15.0 Å². The highest BCUT2D eigenvalue weighted by atomic mass is 127. The van der Waals surface area contributed by atoms with Gasteiger partial charge in [-0.25, -0.2) is 13.1 Å². The Kier molecular flexibility index (Phi) is 5.48. The van der Waals surface area contributed by atoms with Gasteiger partial charge < -0.3 is 0 Å². The van der Waals surface area contributed by atoms with E-state index in [0.29, 0.717) is 11.4 Å². The Morgan fingerprint density at radius 1 is 1.05 bits per heavy atom. The van der Waals surface area contributed by atoms with Gasteiger partial charge in [0.05, 0.1) is 4.90 Å². The first-order valence-corrected chi connectivity index (χ1v) is 9.68. The number of hydrogen-bond acceptors (Lipinski definition) is 3. The maximum absolute atomic E-state index is 12.1. The van der Waals surface area contributed by atoms with Crippen molar-refractivity contribution >= 4 is 44.4 Å². The predicted molar refractivity (Wildman–Crippen MR) is 91.4 cm³/mol. The first-order chi connectivity index (χ1) is 9.51. The van der Waals surface area contributed by atoms with E-state index in [1.165, 1.54) is 0 Å². The molecule has 2 aromatic carbocycles. The Labute approximate surface area is 137 Å². The van der Waals surface area contributed by atoms with Crippen molar-refractivity contribution in [3.05, 3.63) is 57.7 Å². The topological polar surface area (TPSA) is 46.2 Å². The molecule has 0 aromatic heterocycles. The Balaban J connectivity index is 2.06. The van der Waals surface area contributed by atoms with E-state index in [2.05, 4.69) is 27.3 Å². The number of sulfonamides is 1. The second-order valence-electron chi connectivity index (χ2n) is 4.13. The maximum Gasteiger partial charge on any atom is 0.240 e. The molecule has 1 N–H and O–H groups in total. The van der Waals surface area contributed by atoms with Crippen LogP contribution in [0.4, 0.5) is 0 Å². The largest absolute Gasteiger partial charge is 0.240 e. The van der Waals surface area contributed by atoms with Gasteiger partial charge in [-0.1, -0.05) is 12.1 Å². The second-order valence-corrected chi connectivity index (χ2v) is 8.02. The van der Waals surface area contributed by atoms with Gasteiger partial charge in [0.2, 0.25) is 10.0 Å². The molecule has 0 amide bonds. The van der Waals surface area contributed by atoms with Gasteiger partial charge in [0.25, 0.3) is 0 Å². The zero-order chi connectivity index (χ0) is 14.6. The van der Waals surface area contributed by atoms with Crippen LogP contribution in [0, 0.1) is 3.57 Å². The lowest BCUT2D eigenvalue weighted by Crippen LogP contribution is -2.23. The predicted octanol–water partition coefficient (Wildman–Crippen LogP) is 3.49. The van der Waals surface area contributed by atoms with E-state index < -0.39 is 10.0 Å². The van der Waals surface area contributed by atoms with Crippen LogP contribution < -0.4 is 4.72 Å². The standard InChI is InChI=1S/C14H14INO2S2/c1-19-13-6-2-11(3-7-13)10-16-20(17,18)14-8-4-12(15)5-9-14/h2-9,16H,10H2,1H3. The normalized spacial score (nSPS) is 11.5. The van der Waals surface area contributed by atoms with Gasteiger partial charge in [-0.3, -0.25) is 0 Å². The quantitative estimate of drug-likeness (QED) is 0.596. The van der Waals surface area contributed by atoms with Gasteiger partial charge >= 0.3 is 0 Å². The Hall–Kier alpha value is -0.570. The van der Waals surface area contributed by atoms with Crippen molar-refractivity contribution in [1.82, 2.24) is 4.72 Å². The zero-order valence-corrected chi connectivity index (χ0v) is 14.6. The van der Waals surface area contributed by atoms with Crippen LogP contribution in [0.1, 0.15) is 5.56 Å². The summed E-state index contributed by atoms with van der Waals surface area (Å²) in [5.74, 6) is 0. The molecular weight excluding hydrogens is 405 g/mol. The molecule has 3 nitrogen and oxygen atoms in total. The van der Waals surface area contributed by atoms with Crippen molar-refractivity contribution in [1.29, 1.82) is 0 Å². The van der Waals surface area contributed by atoms with E-state index in [1.54, 1.807) is 36.0 Å². The van der Waals surface area contributed by atoms with Gasteiger partial charge in [-0.15, -0.1) is 11.8 Å². The Morgan fingerprint density at radius 3 is 2.20 bits per heavy atom. The number of halogens is 1. The minimum Gasteiger partial charge on any atom is -0.207 e. The molecule has 0 bridgehead atoms. The first kappa shape index (κ1) is 15.8. The van der Waals surface area contributed by atoms with E-state index in [4.69, 9.17) is 0 Å². The summed E-state index contributed by atoms with van der Waals surface area (Å²) >= 11 is 3.80. The molecule has 0 fully saturated rings. The molecule has 0 unspecified atom stereocenters. The summed E-state index contributed by atoms with van der Waals surface area (Å²) in [6, 6.07) is 14.6. The Morgan fingerprint density at radius 2 is 1.65 bits per heavy atom. The smallest absolute Gasteiger partial charge is 0.207 e. The lowest BCUT2D eigenvalue weighted by atomic mass is 10.2. The molecular formula is C14H14INO2S2. The fraction of sp³-hybridized carbons (Fsp3) is 0.143. The van der Waals surface area contributed by atoms with Crippen molar-refractivity contribution in [2.75, 3.05) is 6.26 Å². The third-order valence-corrected chi connectivity index (χ3v) is 5.63. The molecule has 0 spiro atoms. The third-order valence-electron chi connectivity index (χ3n) is 2.75. The summed E-state index contributed by atoms with van der Waals surface area (Å²) in [4.78, 5) is 1.45. The zero-order valence-electron chi connectivity index (χ0n) is 10.8. The summed E-state index contributed by atoms with van der Waals surface area (Å²) in [6.07, 6.45) is 2.01. The highest BCUT2D eigenvalue weighted by molar-refractivity contribution is 14.1. The molecule has 0 radical (unpaired) electrons. The van der Waals surface area contributed by atoms with E-state index in [9.17, 15) is 8.42 Å². The maximum atomic E-state index is 12.1. The highest BCUT2D eigenvalue weighted by Gasteiger charge is 2.13. The molecule has 0 atom stereocenters. The van der Waals surface area contributed by atoms with Crippen LogP contribution in [-0.2, 0) is 16.6 Å². The third kappa shape index (κ3) is 4.21. The highest BCUT2D eigenvalue weighted by Crippen LogP contribution is 2.16. The average molecular weight is 419 g/mol. The van der Waals surface area contributed by atoms with Gasteiger partial charge in [-0.2, -0.15) is 0 Å². The monoisotopic (exact) mass is 419 g/mol. The van der Waals surface area contributed by atoms with Crippen LogP contribution in [0.3, 0.4) is 0 Å². The van der Waals surface area contributed by atoms with E-state index in [1.807, 2.05) is 30.5 Å². The summed E-state index contributed by atoms with van der Waals surface area (Å²) in [6.45, 7) is 0.295. The average Bonchev–Trinajstić information content (AvgIpc) is 2.46. The lowest BCUT2D eigenvalue weighted by molar-refractivity contribution is 0.581. The molecule has 106 valence electrons. The number of thioether (sulfide) groups is 1. The molecule has 0 aliphatic rings. The number of benzene rings is 2. The van der Waals surface area contributed by atoms with E-state index in [0.717, 1.165) is 14.0 Å². The van der Waals surface area contributed by atoms with Gasteiger partial charge in [0.1, 0.15) is 0 Å². The van der Waals surface area contributed by atoms with Crippen LogP contribution in [0.15, 0.2) is 58.3 Å². The van der Waals surface area contributed by atoms with E-state index in [-0.39, 0.29) is 0 Å². The molecule has 0 aliphatic carbocycles. The van der Waals surface area contributed by atoms with Crippen molar-refractivity contribution < 1.29 is 8.42 Å². The Bertz CT molecular complexity index is 667. The molecule has 2 rings (SSSR count). The summed E-state index contributed by atoms with van der Waals surface area (Å²) in [5.41, 5.74) is 0.942. The van der Waals surface area contributed by atoms with Crippen molar-refractivity contribution in [2.45, 2.75) is 16.3 Å². The summed E-state index contributed by atoms with van der Waals surface area (Å²) < 4.78 is 27.9. The van der Waals surface area contributed by atoms with Gasteiger partial charge in [-0.05, 0) is 70.8 Å². The SMILES string of the molecule is CSc1ccc(CNS(=O)(=O)c2ccc(I)cc2)cc1. The number of nitrogens with one attached hydrogen (secondary N) is 1. The fourth-order valence-corrected chi connectivity index (χ4v) is 3.40. The summed E-state index contributed by atoms with van der Waals surface area (Å²) in [5, 5.41) is 0. The molecule has 2 aromatic rings. The van der Waals surface area contributed by atoms with Crippen LogP contribution in [0.25, 0.3) is 0 Å². The van der Waals surface area contributed by atoms with Crippen LogP contribution in [0.5, 0.6) is 0 Å². The van der Waals surface area contributed by atoms with Crippen LogP contribution in [0.2, 0.25) is 0 Å². The molecule has 6 heteroatoms. The molecule has 0 heterocycles. The van der Waals surface area contributed by atoms with Crippen molar-refractivity contribution in [3.63, 3.8) is 0 Å². The van der Waals surface area contributed by atoms with Crippen LogP contribution >= 0.6 is 34.4 Å². The minimum absolute atomic E-state index is 0.290. The molecule has 0 saturated heterocycles. The fourth-order valence-electron chi connectivity index (χ4n) is 1.62. The minimum atomic E-state index is -3.45. The molecule has 0 aliphatic heterocycles. The van der Waals surface area contributed by atoms with Gasteiger partial charge in [0.15, 0.2) is 0 Å². The van der Waals surface area contributed by atoms with Crippen molar-refractivity contribution in [2.24, 2.45) is 0 Å². The van der Waals surface area contributed by atoms with Crippen LogP contribution in [-0.4, -0.2) is 14.7 Å². The number of rotatable bonds is 5.